The van der Waals surface area contributed by atoms with Crippen molar-refractivity contribution in [2.24, 2.45) is 29.4 Å². The highest BCUT2D eigenvalue weighted by molar-refractivity contribution is 6.32. The highest BCUT2D eigenvalue weighted by atomic mass is 16.3. The Morgan fingerprint density at radius 2 is 1.86 bits per heavy atom. The molecule has 37 heavy (non-hydrogen) atoms. The molecule has 192 valence electrons. The molecular formula is C26H24N2O9. The van der Waals surface area contributed by atoms with E-state index in [-0.39, 0.29) is 29.7 Å². The number of rotatable bonds is 4. The number of furan rings is 1. The van der Waals surface area contributed by atoms with E-state index in [1.807, 2.05) is 0 Å². The third kappa shape index (κ3) is 3.20. The van der Waals surface area contributed by atoms with Gasteiger partial charge in [-0.1, -0.05) is 0 Å². The summed E-state index contributed by atoms with van der Waals surface area (Å²) in [6.07, 6.45) is 1.89. The van der Waals surface area contributed by atoms with Crippen LogP contribution in [-0.4, -0.2) is 76.2 Å². The molecule has 6 atom stereocenters. The number of aliphatic hydroxyl groups is 1. The van der Waals surface area contributed by atoms with E-state index in [1.165, 1.54) is 43.5 Å². The van der Waals surface area contributed by atoms with Gasteiger partial charge in [0.15, 0.2) is 40.9 Å². The van der Waals surface area contributed by atoms with Gasteiger partial charge in [0.1, 0.15) is 11.5 Å². The minimum absolute atomic E-state index is 0.0641. The molecule has 2 aromatic rings. The molecular weight excluding hydrogens is 484 g/mol. The van der Waals surface area contributed by atoms with Crippen LogP contribution in [0.5, 0.6) is 5.75 Å². The van der Waals surface area contributed by atoms with Crippen LogP contribution in [0.3, 0.4) is 0 Å². The van der Waals surface area contributed by atoms with E-state index in [2.05, 4.69) is 0 Å². The molecule has 1 amide bonds. The number of ketones is 4. The number of Topliss-reactive ketones (excluding diaryl/α,β-unsaturated/α-hetero) is 4. The molecule has 1 aromatic heterocycles. The van der Waals surface area contributed by atoms with Crippen molar-refractivity contribution in [1.29, 1.82) is 0 Å². The molecule has 2 unspecified atom stereocenters. The summed E-state index contributed by atoms with van der Waals surface area (Å²) in [7, 11) is 3.03. The van der Waals surface area contributed by atoms with Gasteiger partial charge in [0.25, 0.3) is 0 Å². The zero-order valence-electron chi connectivity index (χ0n) is 20.0. The van der Waals surface area contributed by atoms with E-state index < -0.39 is 70.1 Å². The summed E-state index contributed by atoms with van der Waals surface area (Å²) in [4.78, 5) is 78.9. The second-order valence-electron chi connectivity index (χ2n) is 10.1. The van der Waals surface area contributed by atoms with Gasteiger partial charge < -0.3 is 20.4 Å². The number of benzene rings is 1. The van der Waals surface area contributed by atoms with Gasteiger partial charge in [-0.2, -0.15) is 0 Å². The maximum absolute atomic E-state index is 13.8. The lowest BCUT2D eigenvalue weighted by Crippen LogP contribution is -2.74. The summed E-state index contributed by atoms with van der Waals surface area (Å²) in [6.45, 7) is 0. The van der Waals surface area contributed by atoms with Gasteiger partial charge in [0.2, 0.25) is 5.91 Å². The van der Waals surface area contributed by atoms with E-state index in [0.717, 1.165) is 0 Å². The van der Waals surface area contributed by atoms with Crippen LogP contribution >= 0.6 is 0 Å². The van der Waals surface area contributed by atoms with Crippen LogP contribution in [0.4, 0.5) is 0 Å². The number of nitrogens with two attached hydrogens (primary N) is 1. The van der Waals surface area contributed by atoms with Gasteiger partial charge >= 0.3 is 0 Å². The summed E-state index contributed by atoms with van der Waals surface area (Å²) in [5, 5.41) is 22.2. The minimum atomic E-state index is -2.78. The van der Waals surface area contributed by atoms with Gasteiger partial charge in [0.05, 0.1) is 29.3 Å². The van der Waals surface area contributed by atoms with Crippen molar-refractivity contribution in [3.05, 3.63) is 41.2 Å². The normalized spacial score (nSPS) is 31.1. The van der Waals surface area contributed by atoms with Gasteiger partial charge in [-0.25, -0.2) is 0 Å². The highest BCUT2D eigenvalue weighted by Crippen LogP contribution is 2.51. The first-order chi connectivity index (χ1) is 17.4. The predicted octanol–water partition coefficient (Wildman–Crippen LogP) is -0.0605. The molecule has 1 aromatic carbocycles. The number of aldehydes is 1. The third-order valence-electron chi connectivity index (χ3n) is 8.01. The monoisotopic (exact) mass is 508 g/mol. The number of aromatic hydroxyl groups is 1. The number of nitrogens with zero attached hydrogens (tertiary/aromatic N) is 1. The molecule has 11 nitrogen and oxygen atoms in total. The molecule has 0 aliphatic heterocycles. The van der Waals surface area contributed by atoms with Crippen LogP contribution in [-0.2, 0) is 25.6 Å². The Balaban J connectivity index is 1.67. The topological polar surface area (TPSA) is 185 Å². The molecule has 0 saturated heterocycles. The number of phenols is 1. The van der Waals surface area contributed by atoms with E-state index in [0.29, 0.717) is 17.4 Å². The fourth-order valence-corrected chi connectivity index (χ4v) is 6.45. The van der Waals surface area contributed by atoms with Crippen LogP contribution in [0, 0.1) is 23.7 Å². The van der Waals surface area contributed by atoms with Crippen LogP contribution < -0.4 is 5.73 Å². The molecule has 2 saturated carbocycles. The molecule has 5 rings (SSSR count). The summed E-state index contributed by atoms with van der Waals surface area (Å²) >= 11 is 0. The Morgan fingerprint density at radius 1 is 1.16 bits per heavy atom. The number of likely N-dealkylation sites (N-methyl/N-ethyl adjacent to an activating group) is 1. The number of primary amides is 1. The van der Waals surface area contributed by atoms with Gasteiger partial charge in [0, 0.05) is 11.5 Å². The first-order valence-corrected chi connectivity index (χ1v) is 11.7. The third-order valence-corrected chi connectivity index (χ3v) is 8.01. The molecule has 1 heterocycles. The molecule has 0 radical (unpaired) electrons. The van der Waals surface area contributed by atoms with E-state index >= 15 is 0 Å². The van der Waals surface area contributed by atoms with E-state index in [1.54, 1.807) is 0 Å². The Kier molecular flexibility index (Phi) is 5.54. The first-order valence-electron chi connectivity index (χ1n) is 11.7. The number of carbonyl (C=O) groups excluding carboxylic acids is 6. The average Bonchev–Trinajstić information content (AvgIpc) is 3.29. The van der Waals surface area contributed by atoms with Crippen molar-refractivity contribution in [2.75, 3.05) is 14.1 Å². The smallest absolute Gasteiger partial charge is 0.235 e. The van der Waals surface area contributed by atoms with Crippen molar-refractivity contribution in [3.63, 3.8) is 0 Å². The zero-order valence-corrected chi connectivity index (χ0v) is 20.0. The molecule has 3 aliphatic rings. The predicted molar refractivity (Wildman–Crippen MR) is 124 cm³/mol. The molecule has 4 N–H and O–H groups in total. The minimum Gasteiger partial charge on any atom is -0.507 e. The number of hydrogen-bond acceptors (Lipinski definition) is 10. The molecule has 0 spiro atoms. The first kappa shape index (κ1) is 24.7. The Bertz CT molecular complexity index is 1410. The molecule has 3 aliphatic carbocycles. The fraction of sp³-hybridized carbons (Fsp3) is 0.385. The van der Waals surface area contributed by atoms with Crippen molar-refractivity contribution in [1.82, 2.24) is 4.90 Å². The van der Waals surface area contributed by atoms with Gasteiger partial charge in [-0.15, -0.1) is 0 Å². The van der Waals surface area contributed by atoms with E-state index in [4.69, 9.17) is 10.2 Å². The van der Waals surface area contributed by atoms with E-state index in [9.17, 15) is 39.0 Å². The fourth-order valence-electron chi connectivity index (χ4n) is 6.45. The second kappa shape index (κ2) is 8.29. The maximum atomic E-state index is 13.8. The summed E-state index contributed by atoms with van der Waals surface area (Å²) < 4.78 is 5.48. The zero-order chi connectivity index (χ0) is 27.0. The largest absolute Gasteiger partial charge is 0.507 e. The Hall–Kier alpha value is -3.96. The van der Waals surface area contributed by atoms with Crippen LogP contribution in [0.15, 0.2) is 28.9 Å². The van der Waals surface area contributed by atoms with Gasteiger partial charge in [-0.3, -0.25) is 33.7 Å². The lowest BCUT2D eigenvalue weighted by atomic mass is 9.52. The SMILES string of the molecule is CN(C)[C@@H]1C(=O)C(C(N)=O)C(=O)[C@@]2(O)C(=O)C3C(=O)c4c(O)ccc(-c5occc5C=O)c4C[C@H]3C[C@@H]12. The van der Waals surface area contributed by atoms with Crippen molar-refractivity contribution in [2.45, 2.75) is 24.5 Å². The van der Waals surface area contributed by atoms with Crippen LogP contribution in [0.2, 0.25) is 0 Å². The lowest BCUT2D eigenvalue weighted by molar-refractivity contribution is -0.181. The number of fused-ring (bicyclic) bond motifs is 3. The van der Waals surface area contributed by atoms with Gasteiger partial charge in [-0.05, 0) is 56.6 Å². The lowest BCUT2D eigenvalue weighted by Gasteiger charge is -2.52. The van der Waals surface area contributed by atoms with Crippen LogP contribution in [0.1, 0.15) is 32.7 Å². The quantitative estimate of drug-likeness (QED) is 0.373. The Labute approximate surface area is 210 Å². The maximum Gasteiger partial charge on any atom is 0.235 e. The number of phenolic OH excluding ortho intramolecular Hbond substituents is 1. The molecule has 0 bridgehead atoms. The van der Waals surface area contributed by atoms with Crippen molar-refractivity contribution < 1.29 is 43.4 Å². The number of carbonyl (C=O) groups is 6. The summed E-state index contributed by atoms with van der Waals surface area (Å²) in [5.74, 6) is -11.0. The molecule has 2 fully saturated rings. The Morgan fingerprint density at radius 3 is 2.49 bits per heavy atom. The summed E-state index contributed by atoms with van der Waals surface area (Å²) in [6, 6.07) is 3.01. The average molecular weight is 508 g/mol. The van der Waals surface area contributed by atoms with Crippen molar-refractivity contribution in [3.8, 4) is 17.1 Å². The van der Waals surface area contributed by atoms with Crippen LogP contribution in [0.25, 0.3) is 11.3 Å². The summed E-state index contributed by atoms with van der Waals surface area (Å²) in [5.41, 5.74) is 3.32. The highest BCUT2D eigenvalue weighted by Gasteiger charge is 2.69. The standard InChI is InChI=1S/C26H24N2O9/c1-28(2)19-14-8-11-7-13-12(22-10(9-29)5-6-37-22)3-4-15(30)17(13)20(31)16(11)23(33)26(14,36)24(34)18(21(19)32)25(27)35/h3-6,9,11,14,16,18-19,30,36H,7-8H2,1-2H3,(H2,27,35)/t11-,14-,16?,18?,19-,26-/m0/s1. The number of amides is 1. The number of hydrogen-bond donors (Lipinski definition) is 3. The molecule has 11 heteroatoms. The van der Waals surface area contributed by atoms with Crippen molar-refractivity contribution >= 4 is 35.3 Å². The second-order valence-corrected chi connectivity index (χ2v) is 10.1.